The molecule has 0 saturated carbocycles. The second-order valence-corrected chi connectivity index (χ2v) is 12.1. The second kappa shape index (κ2) is 13.4. The molecule has 14 heteroatoms. The van der Waals surface area contributed by atoms with Crippen molar-refractivity contribution < 1.29 is 49.1 Å². The number of nitrogens with one attached hydrogen (secondary N) is 2. The molecular weight excluding hydrogens is 653 g/mol. The van der Waals surface area contributed by atoms with Crippen molar-refractivity contribution in [3.63, 3.8) is 0 Å². The highest BCUT2D eigenvalue weighted by atomic mass is 19.4. The van der Waals surface area contributed by atoms with Crippen LogP contribution in [0.25, 0.3) is 11.1 Å². The quantitative estimate of drug-likeness (QED) is 0.179. The van der Waals surface area contributed by atoms with E-state index in [1.807, 2.05) is 17.0 Å². The van der Waals surface area contributed by atoms with Crippen molar-refractivity contribution in [2.24, 2.45) is 0 Å². The van der Waals surface area contributed by atoms with Crippen molar-refractivity contribution in [3.05, 3.63) is 94.5 Å². The highest BCUT2D eigenvalue weighted by Gasteiger charge is 2.49. The predicted octanol–water partition coefficient (Wildman–Crippen LogP) is 7.73. The Morgan fingerprint density at radius 2 is 1.25 bits per heavy atom. The second-order valence-electron chi connectivity index (χ2n) is 12.1. The van der Waals surface area contributed by atoms with Gasteiger partial charge in [0.15, 0.2) is 0 Å². The van der Waals surface area contributed by atoms with Gasteiger partial charge in [0.25, 0.3) is 5.91 Å². The molecule has 258 valence electrons. The van der Waals surface area contributed by atoms with Gasteiger partial charge in [-0.3, -0.25) is 9.59 Å². The average Bonchev–Trinajstić information content (AvgIpc) is 3.32. The van der Waals surface area contributed by atoms with E-state index in [4.69, 9.17) is 0 Å². The maximum absolute atomic E-state index is 13.6. The van der Waals surface area contributed by atoms with Crippen LogP contribution in [0.3, 0.4) is 0 Å². The fourth-order valence-electron chi connectivity index (χ4n) is 6.84. The van der Waals surface area contributed by atoms with Gasteiger partial charge in [-0.05, 0) is 66.6 Å². The topological polar surface area (TPSA) is 61.4 Å². The van der Waals surface area contributed by atoms with E-state index >= 15 is 0 Å². The van der Waals surface area contributed by atoms with Crippen LogP contribution in [0.1, 0.15) is 64.7 Å². The lowest BCUT2D eigenvalue weighted by Gasteiger charge is -2.34. The molecule has 3 aromatic rings. The first-order valence-corrected chi connectivity index (χ1v) is 15.4. The van der Waals surface area contributed by atoms with E-state index in [-0.39, 0.29) is 19.3 Å². The third kappa shape index (κ3) is 7.32. The van der Waals surface area contributed by atoms with Crippen molar-refractivity contribution in [1.29, 1.82) is 0 Å². The first-order valence-electron chi connectivity index (χ1n) is 15.4. The van der Waals surface area contributed by atoms with Crippen molar-refractivity contribution in [2.75, 3.05) is 26.2 Å². The van der Waals surface area contributed by atoms with Gasteiger partial charge in [-0.2, -0.15) is 39.5 Å². The number of amides is 2. The number of hydrogen-bond donors (Lipinski definition) is 2. The number of nitrogens with zero attached hydrogens (tertiary/aromatic N) is 1. The van der Waals surface area contributed by atoms with E-state index in [2.05, 4.69) is 10.6 Å². The van der Waals surface area contributed by atoms with Gasteiger partial charge in [0.2, 0.25) is 5.91 Å². The van der Waals surface area contributed by atoms with Crippen LogP contribution in [0.5, 0.6) is 0 Å². The molecule has 3 aromatic carbocycles. The van der Waals surface area contributed by atoms with E-state index in [0.29, 0.717) is 61.8 Å². The first-order chi connectivity index (χ1) is 22.5. The Morgan fingerprint density at radius 1 is 0.729 bits per heavy atom. The largest absolute Gasteiger partial charge is 0.417 e. The van der Waals surface area contributed by atoms with E-state index < -0.39 is 65.0 Å². The van der Waals surface area contributed by atoms with Gasteiger partial charge in [-0.1, -0.05) is 61.0 Å². The van der Waals surface area contributed by atoms with Gasteiger partial charge in [0, 0.05) is 19.1 Å². The average molecular weight is 686 g/mol. The summed E-state index contributed by atoms with van der Waals surface area (Å²) in [6.07, 6.45) is -13.1. The molecule has 5 rings (SSSR count). The van der Waals surface area contributed by atoms with Gasteiger partial charge >= 0.3 is 18.5 Å². The highest BCUT2D eigenvalue weighted by Crippen LogP contribution is 2.51. The van der Waals surface area contributed by atoms with E-state index in [9.17, 15) is 49.1 Å². The summed E-state index contributed by atoms with van der Waals surface area (Å²) in [7, 11) is 0. The number of carbonyl (C=O) groups is 2. The Kier molecular flexibility index (Phi) is 9.87. The lowest BCUT2D eigenvalue weighted by atomic mass is 9.73. The molecule has 1 saturated heterocycles. The molecule has 0 unspecified atom stereocenters. The van der Waals surface area contributed by atoms with Crippen LogP contribution in [-0.2, 0) is 22.6 Å². The van der Waals surface area contributed by atoms with Crippen LogP contribution >= 0.6 is 0 Å². The molecule has 2 amide bonds. The molecule has 5 nitrogen and oxygen atoms in total. The lowest BCUT2D eigenvalue weighted by Crippen LogP contribution is -2.47. The number of fused-ring (bicyclic) bond motifs is 3. The fraction of sp³-hybridized carbons (Fsp3) is 0.412. The molecule has 0 aromatic heterocycles. The molecule has 0 spiro atoms. The molecule has 1 fully saturated rings. The standard InChI is InChI=1S/C34H32F9N3O2/c35-32(36,37)20-44-30(48)31(24-10-3-1-8-22(24)23-9-2-4-11-25(23)31)16-5-6-17-46-18-14-21(15-19-46)45-29(47)28-26(33(38,39)40)12-7-13-27(28)34(41,42)43/h1-4,7-13,21H,5-6,14-20H2,(H,44,48)(H,45,47). The smallest absolute Gasteiger partial charge is 0.349 e. The fourth-order valence-corrected chi connectivity index (χ4v) is 6.84. The zero-order valence-corrected chi connectivity index (χ0v) is 25.5. The number of piperidine rings is 1. The minimum absolute atomic E-state index is 0.234. The molecule has 0 atom stereocenters. The van der Waals surface area contributed by atoms with Crippen LogP contribution in [0, 0.1) is 0 Å². The van der Waals surface area contributed by atoms with Crippen molar-refractivity contribution in [2.45, 2.75) is 62.1 Å². The number of halogens is 9. The molecule has 0 radical (unpaired) electrons. The van der Waals surface area contributed by atoms with Gasteiger partial charge < -0.3 is 15.5 Å². The summed E-state index contributed by atoms with van der Waals surface area (Å²) in [5, 5.41) is 4.45. The van der Waals surface area contributed by atoms with Crippen molar-refractivity contribution in [1.82, 2.24) is 15.5 Å². The molecule has 1 heterocycles. The number of likely N-dealkylation sites (tertiary alicyclic amines) is 1. The summed E-state index contributed by atoms with van der Waals surface area (Å²) in [4.78, 5) is 28.5. The monoisotopic (exact) mass is 685 g/mol. The number of alkyl halides is 9. The Hall–Kier alpha value is -4.07. The number of carbonyl (C=O) groups excluding carboxylic acids is 2. The summed E-state index contributed by atoms with van der Waals surface area (Å²) < 4.78 is 121. The van der Waals surface area contributed by atoms with Crippen LogP contribution < -0.4 is 10.6 Å². The molecular formula is C34H32F9N3O2. The van der Waals surface area contributed by atoms with E-state index in [1.165, 1.54) is 0 Å². The summed E-state index contributed by atoms with van der Waals surface area (Å²) in [5.74, 6) is -2.19. The van der Waals surface area contributed by atoms with Crippen LogP contribution in [0.2, 0.25) is 0 Å². The Morgan fingerprint density at radius 3 is 1.75 bits per heavy atom. The molecule has 1 aliphatic heterocycles. The Balaban J connectivity index is 1.22. The van der Waals surface area contributed by atoms with Crippen molar-refractivity contribution in [3.8, 4) is 11.1 Å². The molecule has 0 bridgehead atoms. The van der Waals surface area contributed by atoms with Gasteiger partial charge in [0.1, 0.15) is 12.0 Å². The van der Waals surface area contributed by atoms with E-state index in [0.717, 1.165) is 11.1 Å². The van der Waals surface area contributed by atoms with Crippen LogP contribution in [0.4, 0.5) is 39.5 Å². The first kappa shape index (κ1) is 35.2. The third-order valence-corrected chi connectivity index (χ3v) is 9.00. The number of rotatable bonds is 9. The SMILES string of the molecule is O=C(NC1CCN(CCCCC2(C(=O)NCC(F)(F)F)c3ccccc3-c3ccccc32)CC1)c1c(C(F)(F)F)cccc1C(F)(F)F. The summed E-state index contributed by atoms with van der Waals surface area (Å²) in [6.45, 7) is -0.135. The molecule has 48 heavy (non-hydrogen) atoms. The summed E-state index contributed by atoms with van der Waals surface area (Å²) in [5.41, 5.74) is -3.31. The number of benzene rings is 3. The van der Waals surface area contributed by atoms with Crippen molar-refractivity contribution >= 4 is 11.8 Å². The Bertz CT molecular complexity index is 1560. The molecule has 1 aliphatic carbocycles. The maximum Gasteiger partial charge on any atom is 0.417 e. The Labute approximate surface area is 270 Å². The maximum atomic E-state index is 13.6. The van der Waals surface area contributed by atoms with Gasteiger partial charge in [0.05, 0.1) is 16.7 Å². The summed E-state index contributed by atoms with van der Waals surface area (Å²) >= 11 is 0. The highest BCUT2D eigenvalue weighted by molar-refractivity contribution is 6.00. The van der Waals surface area contributed by atoms with Gasteiger partial charge in [-0.25, -0.2) is 0 Å². The zero-order chi connectivity index (χ0) is 34.9. The van der Waals surface area contributed by atoms with Crippen LogP contribution in [-0.4, -0.2) is 55.1 Å². The number of hydrogen-bond acceptors (Lipinski definition) is 3. The predicted molar refractivity (Wildman–Crippen MR) is 159 cm³/mol. The minimum atomic E-state index is -5.17. The normalized spacial score (nSPS) is 16.7. The van der Waals surface area contributed by atoms with Crippen LogP contribution in [0.15, 0.2) is 66.7 Å². The summed E-state index contributed by atoms with van der Waals surface area (Å²) in [6, 6.07) is 15.1. The lowest BCUT2D eigenvalue weighted by molar-refractivity contribution is -0.143. The minimum Gasteiger partial charge on any atom is -0.349 e. The third-order valence-electron chi connectivity index (χ3n) is 9.00. The molecule has 2 aliphatic rings. The number of unbranched alkanes of at least 4 members (excludes halogenated alkanes) is 1. The van der Waals surface area contributed by atoms with E-state index in [1.54, 1.807) is 36.4 Å². The zero-order valence-electron chi connectivity index (χ0n) is 25.5. The van der Waals surface area contributed by atoms with Gasteiger partial charge in [-0.15, -0.1) is 0 Å². The molecule has 2 N–H and O–H groups in total.